The average Bonchev–Trinajstić information content (AvgIpc) is 2.16. The van der Waals surface area contributed by atoms with E-state index in [1.54, 1.807) is 0 Å². The van der Waals surface area contributed by atoms with Crippen molar-refractivity contribution in [2.24, 2.45) is 17.5 Å². The van der Waals surface area contributed by atoms with Gasteiger partial charge in [-0.05, 0) is 38.9 Å². The smallest absolute Gasteiger partial charge is 0.253 e. The summed E-state index contributed by atoms with van der Waals surface area (Å²) in [6.45, 7) is 2.03. The number of hydrazine groups is 1. The molecule has 4 N–H and O–H groups in total. The van der Waals surface area contributed by atoms with Crippen molar-refractivity contribution in [2.45, 2.75) is 18.9 Å². The number of piperidine rings is 1. The molecule has 1 heterocycles. The fourth-order valence-corrected chi connectivity index (χ4v) is 1.82. The molecule has 14 heavy (non-hydrogen) atoms. The molecule has 1 aliphatic heterocycles. The van der Waals surface area contributed by atoms with Crippen LogP contribution in [0.2, 0.25) is 0 Å². The van der Waals surface area contributed by atoms with Crippen LogP contribution in [0.15, 0.2) is 0 Å². The Labute approximate surface area is 85.0 Å². The van der Waals surface area contributed by atoms with Crippen molar-refractivity contribution in [2.75, 3.05) is 27.2 Å². The predicted molar refractivity (Wildman–Crippen MR) is 55.2 cm³/mol. The Hall–Kier alpha value is -0.650. The highest BCUT2D eigenvalue weighted by Crippen LogP contribution is 2.19. The highest BCUT2D eigenvalue weighted by atomic mass is 16.2. The molecule has 5 heteroatoms. The van der Waals surface area contributed by atoms with Crippen molar-refractivity contribution < 1.29 is 4.79 Å². The van der Waals surface area contributed by atoms with Gasteiger partial charge in [0.25, 0.3) is 5.91 Å². The number of hydrogen-bond acceptors (Lipinski definition) is 4. The molecule has 1 aliphatic rings. The third-order valence-electron chi connectivity index (χ3n) is 2.90. The molecule has 0 radical (unpaired) electrons. The molecule has 0 aromatic rings. The molecule has 0 aromatic carbocycles. The van der Waals surface area contributed by atoms with Crippen molar-refractivity contribution in [1.82, 2.24) is 9.91 Å². The van der Waals surface area contributed by atoms with E-state index in [1.807, 2.05) is 0 Å². The SMILES string of the molecule is CN1CCC(C(N)C(=O)N(C)N)CC1. The van der Waals surface area contributed by atoms with Crippen LogP contribution in [-0.2, 0) is 4.79 Å². The molecular formula is C9H20N4O. The highest BCUT2D eigenvalue weighted by Gasteiger charge is 2.28. The van der Waals surface area contributed by atoms with Gasteiger partial charge in [-0.2, -0.15) is 0 Å². The van der Waals surface area contributed by atoms with Gasteiger partial charge < -0.3 is 10.6 Å². The zero-order valence-electron chi connectivity index (χ0n) is 8.94. The van der Waals surface area contributed by atoms with Crippen LogP contribution in [0, 0.1) is 5.92 Å². The minimum absolute atomic E-state index is 0.167. The van der Waals surface area contributed by atoms with Crippen LogP contribution in [0.1, 0.15) is 12.8 Å². The van der Waals surface area contributed by atoms with Gasteiger partial charge in [-0.3, -0.25) is 9.80 Å². The summed E-state index contributed by atoms with van der Waals surface area (Å²) < 4.78 is 0. The van der Waals surface area contributed by atoms with E-state index in [2.05, 4.69) is 11.9 Å². The summed E-state index contributed by atoms with van der Waals surface area (Å²) in [5.41, 5.74) is 5.85. The molecule has 1 fully saturated rings. The van der Waals surface area contributed by atoms with Gasteiger partial charge in [0.2, 0.25) is 0 Å². The third kappa shape index (κ3) is 2.67. The maximum absolute atomic E-state index is 11.5. The Bertz CT molecular complexity index is 199. The fourth-order valence-electron chi connectivity index (χ4n) is 1.82. The molecule has 0 bridgehead atoms. The summed E-state index contributed by atoms with van der Waals surface area (Å²) >= 11 is 0. The number of rotatable bonds is 2. The molecule has 0 spiro atoms. The topological polar surface area (TPSA) is 75.6 Å². The Morgan fingerprint density at radius 2 is 2.00 bits per heavy atom. The quantitative estimate of drug-likeness (QED) is 0.340. The normalized spacial score (nSPS) is 22.0. The lowest BCUT2D eigenvalue weighted by Gasteiger charge is -2.32. The third-order valence-corrected chi connectivity index (χ3v) is 2.90. The summed E-state index contributed by atoms with van der Waals surface area (Å²) in [5.74, 6) is 5.48. The zero-order valence-corrected chi connectivity index (χ0v) is 8.94. The van der Waals surface area contributed by atoms with Gasteiger partial charge in [0.1, 0.15) is 0 Å². The van der Waals surface area contributed by atoms with Gasteiger partial charge in [-0.1, -0.05) is 0 Å². The first-order chi connectivity index (χ1) is 6.52. The van der Waals surface area contributed by atoms with Crippen molar-refractivity contribution in [3.8, 4) is 0 Å². The number of nitrogens with zero attached hydrogens (tertiary/aromatic N) is 2. The second kappa shape index (κ2) is 4.72. The Morgan fingerprint density at radius 3 is 2.43 bits per heavy atom. The standard InChI is InChI=1S/C9H20N4O/c1-12-5-3-7(4-6-12)8(10)9(14)13(2)11/h7-8H,3-6,10-11H2,1-2H3. The molecule has 5 nitrogen and oxygen atoms in total. The van der Waals surface area contributed by atoms with Gasteiger partial charge in [0, 0.05) is 7.05 Å². The largest absolute Gasteiger partial charge is 0.320 e. The number of likely N-dealkylation sites (N-methyl/N-ethyl adjacent to an activating group) is 1. The van der Waals surface area contributed by atoms with Crippen molar-refractivity contribution >= 4 is 5.91 Å². The number of carbonyl (C=O) groups is 1. The molecule has 82 valence electrons. The summed E-state index contributed by atoms with van der Waals surface area (Å²) in [4.78, 5) is 13.7. The van der Waals surface area contributed by atoms with Gasteiger partial charge in [0.15, 0.2) is 0 Å². The van der Waals surface area contributed by atoms with E-state index in [4.69, 9.17) is 11.6 Å². The highest BCUT2D eigenvalue weighted by molar-refractivity contribution is 5.81. The van der Waals surface area contributed by atoms with E-state index in [-0.39, 0.29) is 11.8 Å². The molecule has 1 rings (SSSR count). The van der Waals surface area contributed by atoms with Crippen LogP contribution in [-0.4, -0.2) is 49.0 Å². The summed E-state index contributed by atoms with van der Waals surface area (Å²) in [6.07, 6.45) is 1.97. The van der Waals surface area contributed by atoms with Crippen LogP contribution >= 0.6 is 0 Å². The van der Waals surface area contributed by atoms with E-state index in [0.717, 1.165) is 30.9 Å². The first-order valence-corrected chi connectivity index (χ1v) is 4.98. The number of amides is 1. The maximum atomic E-state index is 11.5. The number of likely N-dealkylation sites (tertiary alicyclic amines) is 1. The Morgan fingerprint density at radius 1 is 1.50 bits per heavy atom. The Kier molecular flexibility index (Phi) is 3.86. The zero-order chi connectivity index (χ0) is 10.7. The molecule has 1 atom stereocenters. The Balaban J connectivity index is 2.45. The average molecular weight is 200 g/mol. The van der Waals surface area contributed by atoms with Crippen LogP contribution in [0.25, 0.3) is 0 Å². The number of nitrogens with two attached hydrogens (primary N) is 2. The molecule has 0 saturated carbocycles. The van der Waals surface area contributed by atoms with Crippen LogP contribution in [0.5, 0.6) is 0 Å². The van der Waals surface area contributed by atoms with Crippen LogP contribution in [0.3, 0.4) is 0 Å². The summed E-state index contributed by atoms with van der Waals surface area (Å²) in [5, 5.41) is 1.09. The van der Waals surface area contributed by atoms with Gasteiger partial charge in [-0.25, -0.2) is 5.84 Å². The van der Waals surface area contributed by atoms with Crippen LogP contribution < -0.4 is 11.6 Å². The molecule has 1 saturated heterocycles. The molecular weight excluding hydrogens is 180 g/mol. The number of hydrogen-bond donors (Lipinski definition) is 2. The van der Waals surface area contributed by atoms with E-state index in [1.165, 1.54) is 7.05 Å². The first-order valence-electron chi connectivity index (χ1n) is 4.98. The maximum Gasteiger partial charge on any atom is 0.253 e. The summed E-state index contributed by atoms with van der Waals surface area (Å²) in [7, 11) is 3.62. The van der Waals surface area contributed by atoms with E-state index >= 15 is 0 Å². The van der Waals surface area contributed by atoms with Crippen molar-refractivity contribution in [3.63, 3.8) is 0 Å². The lowest BCUT2D eigenvalue weighted by atomic mass is 9.89. The molecule has 0 aliphatic carbocycles. The summed E-state index contributed by atoms with van der Waals surface area (Å²) in [6, 6.07) is -0.432. The lowest BCUT2D eigenvalue weighted by molar-refractivity contribution is -0.133. The fraction of sp³-hybridized carbons (Fsp3) is 0.889. The van der Waals surface area contributed by atoms with Crippen LogP contribution in [0.4, 0.5) is 0 Å². The van der Waals surface area contributed by atoms with E-state index in [9.17, 15) is 4.79 Å². The molecule has 1 amide bonds. The molecule has 0 aromatic heterocycles. The van der Waals surface area contributed by atoms with Gasteiger partial charge >= 0.3 is 0 Å². The predicted octanol–water partition coefficient (Wildman–Crippen LogP) is -1.01. The van der Waals surface area contributed by atoms with Gasteiger partial charge in [-0.15, -0.1) is 0 Å². The van der Waals surface area contributed by atoms with E-state index < -0.39 is 6.04 Å². The lowest BCUT2D eigenvalue weighted by Crippen LogP contribution is -2.51. The van der Waals surface area contributed by atoms with Gasteiger partial charge in [0.05, 0.1) is 6.04 Å². The number of carbonyl (C=O) groups excluding carboxylic acids is 1. The minimum Gasteiger partial charge on any atom is -0.320 e. The minimum atomic E-state index is -0.432. The second-order valence-corrected chi connectivity index (χ2v) is 4.12. The van der Waals surface area contributed by atoms with Crippen molar-refractivity contribution in [3.05, 3.63) is 0 Å². The first kappa shape index (κ1) is 11.4. The van der Waals surface area contributed by atoms with E-state index in [0.29, 0.717) is 0 Å². The molecule has 1 unspecified atom stereocenters. The monoisotopic (exact) mass is 200 g/mol. The second-order valence-electron chi connectivity index (χ2n) is 4.12. The van der Waals surface area contributed by atoms with Crippen molar-refractivity contribution in [1.29, 1.82) is 0 Å².